The Balaban J connectivity index is 2.45. The number of aromatic nitrogens is 2. The fraction of sp³-hybridized carbons (Fsp3) is 0.308. The molecule has 4 heteroatoms. The maximum Gasteiger partial charge on any atom is 0.127 e. The molecule has 1 aromatic carbocycles. The summed E-state index contributed by atoms with van der Waals surface area (Å²) in [5, 5.41) is 5.24. The van der Waals surface area contributed by atoms with E-state index in [9.17, 15) is 0 Å². The van der Waals surface area contributed by atoms with Crippen LogP contribution < -0.4 is 5.73 Å². The highest BCUT2D eigenvalue weighted by Crippen LogP contribution is 2.21. The van der Waals surface area contributed by atoms with Crippen molar-refractivity contribution in [3.05, 3.63) is 40.5 Å². The van der Waals surface area contributed by atoms with Crippen LogP contribution in [0, 0.1) is 6.92 Å². The second-order valence-electron chi connectivity index (χ2n) is 4.15. The van der Waals surface area contributed by atoms with Gasteiger partial charge in [-0.05, 0) is 37.1 Å². The van der Waals surface area contributed by atoms with Crippen molar-refractivity contribution in [3.63, 3.8) is 0 Å². The van der Waals surface area contributed by atoms with Crippen LogP contribution in [-0.4, -0.2) is 9.78 Å². The largest absolute Gasteiger partial charge is 0.384 e. The number of benzene rings is 1. The van der Waals surface area contributed by atoms with Crippen molar-refractivity contribution in [2.45, 2.75) is 26.7 Å². The minimum atomic E-state index is 0.666. The average Bonchev–Trinajstić information content (AvgIpc) is 2.60. The highest BCUT2D eigenvalue weighted by atomic mass is 35.5. The Bertz CT molecular complexity index is 531. The Hall–Kier alpha value is -1.48. The van der Waals surface area contributed by atoms with Gasteiger partial charge < -0.3 is 5.73 Å². The molecule has 90 valence electrons. The lowest BCUT2D eigenvalue weighted by Crippen LogP contribution is -2.03. The maximum atomic E-state index is 5.98. The fourth-order valence-corrected chi connectivity index (χ4v) is 2.10. The summed E-state index contributed by atoms with van der Waals surface area (Å²) in [6.45, 7) is 4.13. The Labute approximate surface area is 106 Å². The van der Waals surface area contributed by atoms with E-state index in [0.29, 0.717) is 5.82 Å². The molecule has 0 aliphatic heterocycles. The summed E-state index contributed by atoms with van der Waals surface area (Å²) in [5.74, 6) is 0.666. The SMILES string of the molecule is CCCc1cc(N)n(-c2ccc(Cl)cc2C)n1. The molecule has 0 fully saturated rings. The molecule has 0 saturated heterocycles. The van der Waals surface area contributed by atoms with E-state index in [0.717, 1.165) is 34.8 Å². The van der Waals surface area contributed by atoms with Crippen LogP contribution in [0.5, 0.6) is 0 Å². The monoisotopic (exact) mass is 249 g/mol. The quantitative estimate of drug-likeness (QED) is 0.906. The third-order valence-electron chi connectivity index (χ3n) is 2.68. The van der Waals surface area contributed by atoms with E-state index in [4.69, 9.17) is 17.3 Å². The number of hydrogen-bond acceptors (Lipinski definition) is 2. The van der Waals surface area contributed by atoms with Crippen LogP contribution in [0.3, 0.4) is 0 Å². The Kier molecular flexibility index (Phi) is 3.38. The van der Waals surface area contributed by atoms with E-state index in [2.05, 4.69) is 12.0 Å². The first kappa shape index (κ1) is 12.0. The molecule has 0 saturated carbocycles. The Morgan fingerprint density at radius 1 is 1.35 bits per heavy atom. The third-order valence-corrected chi connectivity index (χ3v) is 2.92. The summed E-state index contributed by atoms with van der Waals surface area (Å²) in [7, 11) is 0. The molecule has 0 atom stereocenters. The van der Waals surface area contributed by atoms with Crippen LogP contribution in [0.25, 0.3) is 5.69 Å². The van der Waals surface area contributed by atoms with Crippen LogP contribution in [-0.2, 0) is 6.42 Å². The van der Waals surface area contributed by atoms with Crippen LogP contribution in [0.1, 0.15) is 24.6 Å². The lowest BCUT2D eigenvalue weighted by atomic mass is 10.2. The van der Waals surface area contributed by atoms with E-state index in [1.54, 1.807) is 4.68 Å². The summed E-state index contributed by atoms with van der Waals surface area (Å²) >= 11 is 5.94. The first-order valence-corrected chi connectivity index (χ1v) is 6.10. The van der Waals surface area contributed by atoms with Gasteiger partial charge in [0, 0.05) is 11.1 Å². The number of rotatable bonds is 3. The van der Waals surface area contributed by atoms with Crippen molar-refractivity contribution in [1.29, 1.82) is 0 Å². The summed E-state index contributed by atoms with van der Waals surface area (Å²) in [5.41, 5.74) is 9.05. The van der Waals surface area contributed by atoms with Gasteiger partial charge in [0.1, 0.15) is 5.82 Å². The average molecular weight is 250 g/mol. The van der Waals surface area contributed by atoms with Gasteiger partial charge in [-0.15, -0.1) is 0 Å². The van der Waals surface area contributed by atoms with Gasteiger partial charge in [-0.3, -0.25) is 0 Å². The maximum absolute atomic E-state index is 5.98. The zero-order valence-corrected chi connectivity index (χ0v) is 10.8. The van der Waals surface area contributed by atoms with Crippen LogP contribution >= 0.6 is 11.6 Å². The van der Waals surface area contributed by atoms with Crippen molar-refractivity contribution in [2.75, 3.05) is 5.73 Å². The molecule has 3 nitrogen and oxygen atoms in total. The van der Waals surface area contributed by atoms with Crippen LogP contribution in [0.2, 0.25) is 5.02 Å². The van der Waals surface area contributed by atoms with Gasteiger partial charge in [-0.25, -0.2) is 4.68 Å². The van der Waals surface area contributed by atoms with Gasteiger partial charge in [0.05, 0.1) is 11.4 Å². The minimum absolute atomic E-state index is 0.666. The van der Waals surface area contributed by atoms with Crippen LogP contribution in [0.15, 0.2) is 24.3 Å². The number of nitrogens with zero attached hydrogens (tertiary/aromatic N) is 2. The minimum Gasteiger partial charge on any atom is -0.384 e. The molecule has 0 aliphatic carbocycles. The van der Waals surface area contributed by atoms with Crippen LogP contribution in [0.4, 0.5) is 5.82 Å². The molecule has 1 aromatic heterocycles. The standard InChI is InChI=1S/C13H16ClN3/c1-3-4-11-8-13(15)17(16-11)12-6-5-10(14)7-9(12)2/h5-8H,3-4,15H2,1-2H3. The smallest absolute Gasteiger partial charge is 0.127 e. The lowest BCUT2D eigenvalue weighted by Gasteiger charge is -2.07. The van der Waals surface area contributed by atoms with Crippen molar-refractivity contribution < 1.29 is 0 Å². The topological polar surface area (TPSA) is 43.8 Å². The highest BCUT2D eigenvalue weighted by molar-refractivity contribution is 6.30. The van der Waals surface area contributed by atoms with Gasteiger partial charge in [0.25, 0.3) is 0 Å². The van der Waals surface area contributed by atoms with E-state index in [1.165, 1.54) is 0 Å². The van der Waals surface area contributed by atoms with Gasteiger partial charge in [-0.1, -0.05) is 24.9 Å². The van der Waals surface area contributed by atoms with E-state index >= 15 is 0 Å². The van der Waals surface area contributed by atoms with Crippen molar-refractivity contribution in [3.8, 4) is 5.69 Å². The lowest BCUT2D eigenvalue weighted by molar-refractivity contribution is 0.808. The Morgan fingerprint density at radius 3 is 2.76 bits per heavy atom. The molecule has 0 radical (unpaired) electrons. The summed E-state index contributed by atoms with van der Waals surface area (Å²) < 4.78 is 1.77. The number of nitrogens with two attached hydrogens (primary N) is 1. The highest BCUT2D eigenvalue weighted by Gasteiger charge is 2.08. The number of hydrogen-bond donors (Lipinski definition) is 1. The normalized spacial score (nSPS) is 10.8. The second-order valence-corrected chi connectivity index (χ2v) is 4.59. The second kappa shape index (κ2) is 4.80. The molecule has 17 heavy (non-hydrogen) atoms. The molecule has 0 amide bonds. The molecular weight excluding hydrogens is 234 g/mol. The molecular formula is C13H16ClN3. The molecule has 2 N–H and O–H groups in total. The predicted octanol–water partition coefficient (Wildman–Crippen LogP) is 3.37. The summed E-state index contributed by atoms with van der Waals surface area (Å²) in [6.07, 6.45) is 2.01. The molecule has 0 spiro atoms. The third kappa shape index (κ3) is 2.44. The first-order valence-electron chi connectivity index (χ1n) is 5.72. The van der Waals surface area contributed by atoms with E-state index in [-0.39, 0.29) is 0 Å². The van der Waals surface area contributed by atoms with Gasteiger partial charge >= 0.3 is 0 Å². The number of nitrogen functional groups attached to an aromatic ring is 1. The summed E-state index contributed by atoms with van der Waals surface area (Å²) in [4.78, 5) is 0. The fourth-order valence-electron chi connectivity index (χ4n) is 1.87. The van der Waals surface area contributed by atoms with Crippen molar-refractivity contribution >= 4 is 17.4 Å². The van der Waals surface area contributed by atoms with Gasteiger partial charge in [0.2, 0.25) is 0 Å². The van der Waals surface area contributed by atoms with Gasteiger partial charge in [0.15, 0.2) is 0 Å². The number of aryl methyl sites for hydroxylation is 2. The van der Waals surface area contributed by atoms with Gasteiger partial charge in [-0.2, -0.15) is 5.10 Å². The number of anilines is 1. The molecule has 1 heterocycles. The molecule has 0 aliphatic rings. The zero-order chi connectivity index (χ0) is 12.4. The Morgan fingerprint density at radius 2 is 2.12 bits per heavy atom. The molecule has 0 bridgehead atoms. The van der Waals surface area contributed by atoms with E-state index < -0.39 is 0 Å². The van der Waals surface area contributed by atoms with Crippen molar-refractivity contribution in [2.24, 2.45) is 0 Å². The predicted molar refractivity (Wildman–Crippen MR) is 71.7 cm³/mol. The first-order chi connectivity index (χ1) is 8.11. The zero-order valence-electron chi connectivity index (χ0n) is 10.1. The molecule has 0 unspecified atom stereocenters. The molecule has 2 rings (SSSR count). The summed E-state index contributed by atoms with van der Waals surface area (Å²) in [6, 6.07) is 7.64. The van der Waals surface area contributed by atoms with E-state index in [1.807, 2.05) is 31.2 Å². The van der Waals surface area contributed by atoms with Crippen molar-refractivity contribution in [1.82, 2.24) is 9.78 Å². The molecule has 2 aromatic rings. The number of halogens is 1.